The topological polar surface area (TPSA) is 63.2 Å². The van der Waals surface area contributed by atoms with Gasteiger partial charge in [0.15, 0.2) is 5.13 Å². The number of nitrogens with one attached hydrogen (secondary N) is 2. The lowest BCUT2D eigenvalue weighted by atomic mass is 10.2. The molecule has 21 heavy (non-hydrogen) atoms. The van der Waals surface area contributed by atoms with Crippen LogP contribution in [0.4, 0.5) is 5.13 Å². The molecule has 1 amide bonds. The Morgan fingerprint density at radius 1 is 1.33 bits per heavy atom. The van der Waals surface area contributed by atoms with Crippen LogP contribution >= 0.6 is 11.3 Å². The number of ether oxygens (including phenoxy) is 1. The summed E-state index contributed by atoms with van der Waals surface area (Å²) in [4.78, 5) is 16.0. The van der Waals surface area contributed by atoms with Crippen LogP contribution in [0.5, 0.6) is 5.75 Å². The zero-order valence-corrected chi connectivity index (χ0v) is 13.0. The zero-order chi connectivity index (χ0) is 15.1. The highest BCUT2D eigenvalue weighted by molar-refractivity contribution is 7.13. The fourth-order valence-corrected chi connectivity index (χ4v) is 2.40. The number of anilines is 1. The van der Waals surface area contributed by atoms with E-state index < -0.39 is 0 Å². The summed E-state index contributed by atoms with van der Waals surface area (Å²) < 4.78 is 5.12. The summed E-state index contributed by atoms with van der Waals surface area (Å²) in [5.41, 5.74) is 1.59. The summed E-state index contributed by atoms with van der Waals surface area (Å²) in [6, 6.07) is 7.83. The van der Waals surface area contributed by atoms with E-state index in [2.05, 4.69) is 15.6 Å². The number of hydrogen-bond acceptors (Lipinski definition) is 5. The quantitative estimate of drug-likeness (QED) is 0.825. The minimum Gasteiger partial charge on any atom is -0.497 e. The van der Waals surface area contributed by atoms with Crippen molar-refractivity contribution in [2.45, 2.75) is 19.9 Å². The van der Waals surface area contributed by atoms with Gasteiger partial charge in [-0.3, -0.25) is 4.79 Å². The van der Waals surface area contributed by atoms with Crippen LogP contribution in [0.15, 0.2) is 29.6 Å². The van der Waals surface area contributed by atoms with E-state index in [9.17, 15) is 4.79 Å². The highest BCUT2D eigenvalue weighted by atomic mass is 32.1. The number of thiazole rings is 1. The zero-order valence-electron chi connectivity index (χ0n) is 12.2. The standard InChI is InChI=1S/C15H19N3O2S/c1-3-8-16-14(19)13-10-21-15(18-13)17-9-11-4-6-12(20-2)7-5-11/h4-7,10H,3,8-9H2,1-2H3,(H,16,19)(H,17,18). The van der Waals surface area contributed by atoms with Gasteiger partial charge in [-0.1, -0.05) is 19.1 Å². The van der Waals surface area contributed by atoms with Crippen molar-refractivity contribution >= 4 is 22.4 Å². The Morgan fingerprint density at radius 2 is 2.10 bits per heavy atom. The molecule has 112 valence electrons. The average molecular weight is 305 g/mol. The van der Waals surface area contributed by atoms with Gasteiger partial charge in [-0.15, -0.1) is 11.3 Å². The molecule has 0 saturated heterocycles. The lowest BCUT2D eigenvalue weighted by Gasteiger charge is -2.04. The summed E-state index contributed by atoms with van der Waals surface area (Å²) in [7, 11) is 1.65. The predicted octanol–water partition coefficient (Wildman–Crippen LogP) is 2.90. The molecule has 1 aromatic heterocycles. The minimum atomic E-state index is -0.120. The van der Waals surface area contributed by atoms with Crippen molar-refractivity contribution in [3.05, 3.63) is 40.9 Å². The summed E-state index contributed by atoms with van der Waals surface area (Å²) in [6.45, 7) is 3.35. The Hall–Kier alpha value is -2.08. The Bertz CT molecular complexity index is 581. The van der Waals surface area contributed by atoms with E-state index in [4.69, 9.17) is 4.74 Å². The summed E-state index contributed by atoms with van der Waals surface area (Å²) in [6.07, 6.45) is 0.915. The number of carbonyl (C=O) groups is 1. The maximum Gasteiger partial charge on any atom is 0.270 e. The highest BCUT2D eigenvalue weighted by Crippen LogP contribution is 2.17. The third-order valence-corrected chi connectivity index (χ3v) is 3.68. The van der Waals surface area contributed by atoms with Crippen LogP contribution in [0.3, 0.4) is 0 Å². The predicted molar refractivity (Wildman–Crippen MR) is 85.1 cm³/mol. The van der Waals surface area contributed by atoms with E-state index in [1.165, 1.54) is 11.3 Å². The average Bonchev–Trinajstić information content (AvgIpc) is 3.00. The van der Waals surface area contributed by atoms with Gasteiger partial charge in [0.1, 0.15) is 11.4 Å². The number of carbonyl (C=O) groups excluding carboxylic acids is 1. The molecule has 0 unspecified atom stereocenters. The molecule has 0 aliphatic heterocycles. The van der Waals surface area contributed by atoms with Gasteiger partial charge in [0.25, 0.3) is 5.91 Å². The van der Waals surface area contributed by atoms with Crippen LogP contribution in [-0.2, 0) is 6.54 Å². The number of nitrogens with zero attached hydrogens (tertiary/aromatic N) is 1. The number of hydrogen-bond donors (Lipinski definition) is 2. The number of amides is 1. The van der Waals surface area contributed by atoms with Gasteiger partial charge >= 0.3 is 0 Å². The maximum atomic E-state index is 11.8. The lowest BCUT2D eigenvalue weighted by Crippen LogP contribution is -2.24. The molecular weight excluding hydrogens is 286 g/mol. The number of benzene rings is 1. The fraction of sp³-hybridized carbons (Fsp3) is 0.333. The fourth-order valence-electron chi connectivity index (χ4n) is 1.71. The van der Waals surface area contributed by atoms with Crippen molar-refractivity contribution in [3.8, 4) is 5.75 Å². The lowest BCUT2D eigenvalue weighted by molar-refractivity contribution is 0.0949. The Balaban J connectivity index is 1.88. The molecule has 0 bridgehead atoms. The van der Waals surface area contributed by atoms with Crippen molar-refractivity contribution in [1.29, 1.82) is 0 Å². The summed E-state index contributed by atoms with van der Waals surface area (Å²) in [5, 5.41) is 8.54. The minimum absolute atomic E-state index is 0.120. The van der Waals surface area contributed by atoms with Crippen molar-refractivity contribution in [1.82, 2.24) is 10.3 Å². The van der Waals surface area contributed by atoms with Gasteiger partial charge < -0.3 is 15.4 Å². The molecular formula is C15H19N3O2S. The molecule has 5 nitrogen and oxygen atoms in total. The Kier molecular flexibility index (Phi) is 5.57. The van der Waals surface area contributed by atoms with Crippen molar-refractivity contribution in [2.75, 3.05) is 19.0 Å². The van der Waals surface area contributed by atoms with Gasteiger partial charge in [-0.2, -0.15) is 0 Å². The van der Waals surface area contributed by atoms with E-state index in [-0.39, 0.29) is 5.91 Å². The summed E-state index contributed by atoms with van der Waals surface area (Å²) in [5.74, 6) is 0.716. The molecule has 0 aliphatic carbocycles. The van der Waals surface area contributed by atoms with E-state index in [1.54, 1.807) is 12.5 Å². The van der Waals surface area contributed by atoms with Gasteiger partial charge in [-0.05, 0) is 24.1 Å². The van der Waals surface area contributed by atoms with Gasteiger partial charge in [-0.25, -0.2) is 4.98 Å². The smallest absolute Gasteiger partial charge is 0.270 e. The van der Waals surface area contributed by atoms with Gasteiger partial charge in [0.2, 0.25) is 0 Å². The van der Waals surface area contributed by atoms with Crippen LogP contribution in [0.1, 0.15) is 29.4 Å². The molecule has 2 aromatic rings. The van der Waals surface area contributed by atoms with Gasteiger partial charge in [0.05, 0.1) is 7.11 Å². The van der Waals surface area contributed by atoms with Crippen LogP contribution in [-0.4, -0.2) is 24.5 Å². The second-order valence-corrected chi connectivity index (χ2v) is 5.35. The van der Waals surface area contributed by atoms with E-state index in [1.807, 2.05) is 31.2 Å². The van der Waals surface area contributed by atoms with Crippen LogP contribution in [0.2, 0.25) is 0 Å². The number of rotatable bonds is 7. The Morgan fingerprint density at radius 3 is 2.76 bits per heavy atom. The van der Waals surface area contributed by atoms with Crippen molar-refractivity contribution in [3.63, 3.8) is 0 Å². The van der Waals surface area contributed by atoms with Crippen LogP contribution in [0.25, 0.3) is 0 Å². The first-order valence-electron chi connectivity index (χ1n) is 6.83. The molecule has 2 rings (SSSR count). The largest absolute Gasteiger partial charge is 0.497 e. The molecule has 0 saturated carbocycles. The molecule has 0 spiro atoms. The second kappa shape index (κ2) is 7.64. The molecule has 1 heterocycles. The third kappa shape index (κ3) is 4.46. The second-order valence-electron chi connectivity index (χ2n) is 4.50. The Labute approximate surface area is 128 Å². The van der Waals surface area contributed by atoms with E-state index in [0.29, 0.717) is 18.8 Å². The first-order valence-corrected chi connectivity index (χ1v) is 7.71. The third-order valence-electron chi connectivity index (χ3n) is 2.88. The maximum absolute atomic E-state index is 11.8. The first kappa shape index (κ1) is 15.3. The molecule has 0 atom stereocenters. The van der Waals surface area contributed by atoms with Crippen LogP contribution < -0.4 is 15.4 Å². The van der Waals surface area contributed by atoms with Crippen molar-refractivity contribution < 1.29 is 9.53 Å². The van der Waals surface area contributed by atoms with E-state index >= 15 is 0 Å². The normalized spacial score (nSPS) is 10.2. The number of methoxy groups -OCH3 is 1. The molecule has 2 N–H and O–H groups in total. The highest BCUT2D eigenvalue weighted by Gasteiger charge is 2.09. The molecule has 0 fully saturated rings. The van der Waals surface area contributed by atoms with Crippen molar-refractivity contribution in [2.24, 2.45) is 0 Å². The first-order chi connectivity index (χ1) is 10.2. The van der Waals surface area contributed by atoms with E-state index in [0.717, 1.165) is 22.9 Å². The number of aromatic nitrogens is 1. The monoisotopic (exact) mass is 305 g/mol. The summed E-state index contributed by atoms with van der Waals surface area (Å²) >= 11 is 1.43. The molecule has 0 radical (unpaired) electrons. The molecule has 0 aliphatic rings. The SMILES string of the molecule is CCCNC(=O)c1csc(NCc2ccc(OC)cc2)n1. The molecule has 6 heteroatoms. The van der Waals surface area contributed by atoms with Crippen LogP contribution in [0, 0.1) is 0 Å². The molecule has 1 aromatic carbocycles. The van der Waals surface area contributed by atoms with Gasteiger partial charge in [0, 0.05) is 18.5 Å².